The van der Waals surface area contributed by atoms with Crippen molar-refractivity contribution in [3.05, 3.63) is 142 Å². The minimum Gasteiger partial charge on any atom is -0.488 e. The standard InChI is InChI=1S/C44H42N4O2/c1-29-23-45-43(46-24-29)35-15-11-31(12-16-35)27-49-39-21-19-33-7-3-5-9-37(33)41(39)42-38-10-6-4-8-34(38)20-22-40(42)50-28-32-13-17-36(18-14-32)44-47-25-30(2)26-48-44/h11-26H,3-10,27-28H2,1-2H3. The first-order valence-electron chi connectivity index (χ1n) is 17.9. The van der Waals surface area contributed by atoms with Gasteiger partial charge in [-0.15, -0.1) is 0 Å². The van der Waals surface area contributed by atoms with Crippen molar-refractivity contribution in [1.82, 2.24) is 19.9 Å². The lowest BCUT2D eigenvalue weighted by Crippen LogP contribution is -2.11. The summed E-state index contributed by atoms with van der Waals surface area (Å²) in [7, 11) is 0. The van der Waals surface area contributed by atoms with Crippen molar-refractivity contribution in [2.24, 2.45) is 0 Å². The van der Waals surface area contributed by atoms with Gasteiger partial charge in [0.2, 0.25) is 0 Å². The van der Waals surface area contributed by atoms with Gasteiger partial charge in [0.1, 0.15) is 24.7 Å². The Morgan fingerprint density at radius 1 is 0.460 bits per heavy atom. The lowest BCUT2D eigenvalue weighted by atomic mass is 9.80. The van der Waals surface area contributed by atoms with E-state index in [0.717, 1.165) is 82.2 Å². The zero-order valence-electron chi connectivity index (χ0n) is 28.9. The number of aryl methyl sites for hydroxylation is 4. The third-order valence-electron chi connectivity index (χ3n) is 10.0. The van der Waals surface area contributed by atoms with E-state index in [1.165, 1.54) is 59.1 Å². The Balaban J connectivity index is 1.11. The van der Waals surface area contributed by atoms with E-state index in [-0.39, 0.29) is 0 Å². The maximum atomic E-state index is 6.78. The van der Waals surface area contributed by atoms with E-state index in [2.05, 4.69) is 92.7 Å². The first-order valence-corrected chi connectivity index (χ1v) is 17.9. The van der Waals surface area contributed by atoms with Crippen LogP contribution in [0.4, 0.5) is 0 Å². The van der Waals surface area contributed by atoms with Crippen LogP contribution in [-0.2, 0) is 38.9 Å². The van der Waals surface area contributed by atoms with Crippen molar-refractivity contribution in [1.29, 1.82) is 0 Å². The number of nitrogens with zero attached hydrogens (tertiary/aromatic N) is 4. The van der Waals surface area contributed by atoms with Crippen molar-refractivity contribution >= 4 is 0 Å². The summed E-state index contributed by atoms with van der Waals surface area (Å²) < 4.78 is 13.6. The highest BCUT2D eigenvalue weighted by Gasteiger charge is 2.26. The van der Waals surface area contributed by atoms with Crippen LogP contribution in [0.3, 0.4) is 0 Å². The zero-order valence-corrected chi connectivity index (χ0v) is 28.9. The van der Waals surface area contributed by atoms with E-state index < -0.39 is 0 Å². The molecule has 0 amide bonds. The fourth-order valence-corrected chi connectivity index (χ4v) is 7.31. The van der Waals surface area contributed by atoms with E-state index in [1.54, 1.807) is 0 Å². The van der Waals surface area contributed by atoms with Gasteiger partial charge >= 0.3 is 0 Å². The molecule has 2 aliphatic carbocycles. The monoisotopic (exact) mass is 658 g/mol. The predicted octanol–water partition coefficient (Wildman–Crippen LogP) is 9.80. The minimum atomic E-state index is 0.475. The van der Waals surface area contributed by atoms with Crippen LogP contribution in [-0.4, -0.2) is 19.9 Å². The first-order chi connectivity index (χ1) is 24.6. The van der Waals surface area contributed by atoms with Crippen LogP contribution in [0.25, 0.3) is 33.9 Å². The molecule has 250 valence electrons. The minimum absolute atomic E-state index is 0.475. The number of fused-ring (bicyclic) bond motifs is 2. The van der Waals surface area contributed by atoms with Crippen LogP contribution >= 0.6 is 0 Å². The highest BCUT2D eigenvalue weighted by atomic mass is 16.5. The van der Waals surface area contributed by atoms with Gasteiger partial charge < -0.3 is 9.47 Å². The molecular weight excluding hydrogens is 617 g/mol. The number of aromatic nitrogens is 4. The lowest BCUT2D eigenvalue weighted by molar-refractivity contribution is 0.302. The molecule has 6 aromatic rings. The maximum Gasteiger partial charge on any atom is 0.159 e. The molecule has 0 N–H and O–H groups in total. The van der Waals surface area contributed by atoms with Gasteiger partial charge in [-0.3, -0.25) is 0 Å². The molecule has 6 nitrogen and oxygen atoms in total. The van der Waals surface area contributed by atoms with Crippen LogP contribution in [0.15, 0.2) is 97.6 Å². The number of ether oxygens (including phenoxy) is 2. The average molecular weight is 659 g/mol. The molecule has 0 radical (unpaired) electrons. The third-order valence-corrected chi connectivity index (χ3v) is 10.0. The maximum absolute atomic E-state index is 6.78. The molecule has 0 aliphatic heterocycles. The van der Waals surface area contributed by atoms with Gasteiger partial charge in [0, 0.05) is 47.0 Å². The largest absolute Gasteiger partial charge is 0.488 e. The topological polar surface area (TPSA) is 70.0 Å². The van der Waals surface area contributed by atoms with Crippen LogP contribution in [0.5, 0.6) is 11.5 Å². The summed E-state index contributed by atoms with van der Waals surface area (Å²) in [6, 6.07) is 25.8. The van der Waals surface area contributed by atoms with Crippen LogP contribution in [0, 0.1) is 13.8 Å². The summed E-state index contributed by atoms with van der Waals surface area (Å²) in [5.74, 6) is 3.33. The molecule has 8 rings (SSSR count). The molecule has 2 aromatic heterocycles. The molecule has 2 heterocycles. The second-order valence-electron chi connectivity index (χ2n) is 13.7. The number of hydrogen-bond acceptors (Lipinski definition) is 6. The summed E-state index contributed by atoms with van der Waals surface area (Å²) >= 11 is 0. The SMILES string of the molecule is Cc1cnc(-c2ccc(COc3ccc4c(c3-c3c(OCc5ccc(-c6ncc(C)cn6)cc5)ccc5c3CCCC5)CCCC4)cc2)nc1. The molecule has 0 atom stereocenters. The van der Waals surface area contributed by atoms with E-state index in [9.17, 15) is 0 Å². The van der Waals surface area contributed by atoms with Gasteiger partial charge in [-0.25, -0.2) is 19.9 Å². The number of benzene rings is 4. The van der Waals surface area contributed by atoms with Gasteiger partial charge in [0.15, 0.2) is 11.6 Å². The van der Waals surface area contributed by atoms with Crippen molar-refractivity contribution < 1.29 is 9.47 Å². The molecule has 0 saturated heterocycles. The van der Waals surface area contributed by atoms with Gasteiger partial charge in [-0.2, -0.15) is 0 Å². The smallest absolute Gasteiger partial charge is 0.159 e. The Morgan fingerprint density at radius 3 is 1.24 bits per heavy atom. The van der Waals surface area contributed by atoms with E-state index in [4.69, 9.17) is 9.47 Å². The third kappa shape index (κ3) is 6.75. The molecule has 50 heavy (non-hydrogen) atoms. The Hall–Kier alpha value is -5.36. The normalized spacial score (nSPS) is 13.7. The number of hydrogen-bond donors (Lipinski definition) is 0. The molecule has 0 unspecified atom stereocenters. The average Bonchev–Trinajstić information content (AvgIpc) is 3.17. The summed E-state index contributed by atoms with van der Waals surface area (Å²) in [4.78, 5) is 18.0. The Bertz CT molecular complexity index is 1950. The number of rotatable bonds is 9. The summed E-state index contributed by atoms with van der Waals surface area (Å²) in [5.41, 5.74) is 14.5. The van der Waals surface area contributed by atoms with E-state index >= 15 is 0 Å². The van der Waals surface area contributed by atoms with Crippen molar-refractivity contribution in [3.63, 3.8) is 0 Å². The highest BCUT2D eigenvalue weighted by Crippen LogP contribution is 2.47. The summed E-state index contributed by atoms with van der Waals surface area (Å²) in [6.07, 6.45) is 16.6. The molecule has 0 bridgehead atoms. The molecule has 6 heteroatoms. The van der Waals surface area contributed by atoms with E-state index in [0.29, 0.717) is 13.2 Å². The first kappa shape index (κ1) is 31.9. The lowest BCUT2D eigenvalue weighted by Gasteiger charge is -2.28. The molecule has 0 saturated carbocycles. The fraction of sp³-hybridized carbons (Fsp3) is 0.273. The van der Waals surface area contributed by atoms with Crippen LogP contribution in [0.1, 0.15) is 70.2 Å². The van der Waals surface area contributed by atoms with Crippen molar-refractivity contribution in [2.45, 2.75) is 78.4 Å². The Morgan fingerprint density at radius 2 is 0.840 bits per heavy atom. The quantitative estimate of drug-likeness (QED) is 0.154. The second kappa shape index (κ2) is 14.2. The van der Waals surface area contributed by atoms with Crippen molar-refractivity contribution in [2.75, 3.05) is 0 Å². The molecular formula is C44H42N4O2. The van der Waals surface area contributed by atoms with Gasteiger partial charge in [0.05, 0.1) is 0 Å². The van der Waals surface area contributed by atoms with Crippen LogP contribution < -0.4 is 9.47 Å². The van der Waals surface area contributed by atoms with Crippen LogP contribution in [0.2, 0.25) is 0 Å². The molecule has 0 spiro atoms. The van der Waals surface area contributed by atoms with E-state index in [1.807, 2.05) is 38.6 Å². The molecule has 4 aromatic carbocycles. The molecule has 2 aliphatic rings. The Labute approximate surface area is 294 Å². The summed E-state index contributed by atoms with van der Waals surface area (Å²) in [6.45, 7) is 4.95. The second-order valence-corrected chi connectivity index (χ2v) is 13.7. The van der Waals surface area contributed by atoms with Gasteiger partial charge in [0.25, 0.3) is 0 Å². The van der Waals surface area contributed by atoms with Gasteiger partial charge in [-0.1, -0.05) is 60.7 Å². The summed E-state index contributed by atoms with van der Waals surface area (Å²) in [5, 5.41) is 0. The zero-order chi connectivity index (χ0) is 33.9. The predicted molar refractivity (Wildman–Crippen MR) is 198 cm³/mol. The highest BCUT2D eigenvalue weighted by molar-refractivity contribution is 5.84. The molecule has 0 fully saturated rings. The van der Waals surface area contributed by atoms with Crippen molar-refractivity contribution in [3.8, 4) is 45.4 Å². The Kier molecular flexibility index (Phi) is 9.08. The van der Waals surface area contributed by atoms with Gasteiger partial charge in [-0.05, 0) is 122 Å². The fourth-order valence-electron chi connectivity index (χ4n) is 7.31.